The van der Waals surface area contributed by atoms with Crippen LogP contribution in [0.4, 0.5) is 5.69 Å². The molecule has 5 nitrogen and oxygen atoms in total. The highest BCUT2D eigenvalue weighted by molar-refractivity contribution is 6.34. The number of anilines is 1. The number of benzene rings is 2. The number of halogens is 2. The third-order valence-electron chi connectivity index (χ3n) is 3.23. The van der Waals surface area contributed by atoms with Gasteiger partial charge < -0.3 is 15.4 Å². The lowest BCUT2D eigenvalue weighted by atomic mass is 10.1. The Morgan fingerprint density at radius 3 is 2.64 bits per heavy atom. The first-order valence-electron chi connectivity index (χ1n) is 7.76. The van der Waals surface area contributed by atoms with Crippen LogP contribution in [0.1, 0.15) is 23.7 Å². The van der Waals surface area contributed by atoms with Crippen LogP contribution < -0.4 is 15.4 Å². The van der Waals surface area contributed by atoms with E-state index in [0.29, 0.717) is 33.6 Å². The van der Waals surface area contributed by atoms with E-state index in [2.05, 4.69) is 10.6 Å². The summed E-state index contributed by atoms with van der Waals surface area (Å²) in [7, 11) is 0. The molecule has 0 heterocycles. The fourth-order valence-electron chi connectivity index (χ4n) is 2.04. The van der Waals surface area contributed by atoms with Crippen LogP contribution in [0.5, 0.6) is 5.75 Å². The topological polar surface area (TPSA) is 67.4 Å². The predicted octanol–water partition coefficient (Wildman–Crippen LogP) is 4.15. The first kappa shape index (κ1) is 19.1. The Morgan fingerprint density at radius 1 is 1.12 bits per heavy atom. The maximum Gasteiger partial charge on any atom is 0.262 e. The van der Waals surface area contributed by atoms with E-state index in [4.69, 9.17) is 27.9 Å². The van der Waals surface area contributed by atoms with Crippen molar-refractivity contribution in [1.82, 2.24) is 5.32 Å². The molecule has 2 amide bonds. The summed E-state index contributed by atoms with van der Waals surface area (Å²) < 4.78 is 5.39. The zero-order valence-electron chi connectivity index (χ0n) is 13.6. The zero-order valence-corrected chi connectivity index (χ0v) is 15.2. The van der Waals surface area contributed by atoms with Crippen LogP contribution in [-0.2, 0) is 4.79 Å². The summed E-state index contributed by atoms with van der Waals surface area (Å²) in [5.41, 5.74) is 0.812. The molecule has 0 radical (unpaired) electrons. The summed E-state index contributed by atoms with van der Waals surface area (Å²) in [6.07, 6.45) is 0.828. The van der Waals surface area contributed by atoms with Crippen molar-refractivity contribution in [3.8, 4) is 5.75 Å². The van der Waals surface area contributed by atoms with Crippen LogP contribution in [-0.4, -0.2) is 25.0 Å². The van der Waals surface area contributed by atoms with Crippen molar-refractivity contribution >= 4 is 40.7 Å². The van der Waals surface area contributed by atoms with Gasteiger partial charge in [0.1, 0.15) is 5.75 Å². The molecule has 0 aliphatic rings. The molecule has 0 fully saturated rings. The van der Waals surface area contributed by atoms with Gasteiger partial charge in [-0.3, -0.25) is 9.59 Å². The Morgan fingerprint density at radius 2 is 1.88 bits per heavy atom. The van der Waals surface area contributed by atoms with E-state index in [0.717, 1.165) is 6.42 Å². The minimum atomic E-state index is -0.410. The number of carbonyl (C=O) groups is 2. The van der Waals surface area contributed by atoms with Crippen molar-refractivity contribution in [2.24, 2.45) is 0 Å². The Hall–Kier alpha value is -2.24. The third kappa shape index (κ3) is 5.66. The summed E-state index contributed by atoms with van der Waals surface area (Å²) in [5, 5.41) is 6.27. The first-order valence-corrected chi connectivity index (χ1v) is 8.51. The van der Waals surface area contributed by atoms with Crippen LogP contribution in [0.15, 0.2) is 42.5 Å². The third-order valence-corrected chi connectivity index (χ3v) is 3.78. The molecule has 2 rings (SSSR count). The molecule has 0 aliphatic heterocycles. The number of ether oxygens (including phenoxy) is 1. The Bertz CT molecular complexity index is 766. The van der Waals surface area contributed by atoms with E-state index >= 15 is 0 Å². The number of amides is 2. The molecule has 0 spiro atoms. The molecule has 7 heteroatoms. The smallest absolute Gasteiger partial charge is 0.262 e. The first-order chi connectivity index (χ1) is 12.0. The van der Waals surface area contributed by atoms with Crippen LogP contribution in [0.25, 0.3) is 0 Å². The van der Waals surface area contributed by atoms with Crippen molar-refractivity contribution in [2.45, 2.75) is 13.3 Å². The molecular weight excluding hydrogens is 363 g/mol. The quantitative estimate of drug-likeness (QED) is 0.757. The maximum absolute atomic E-state index is 12.1. The lowest BCUT2D eigenvalue weighted by molar-refractivity contribution is -0.118. The van der Waals surface area contributed by atoms with Gasteiger partial charge in [0.25, 0.3) is 11.8 Å². The number of rotatable bonds is 7. The van der Waals surface area contributed by atoms with Gasteiger partial charge in [-0.2, -0.15) is 0 Å². The number of hydrogen-bond donors (Lipinski definition) is 2. The molecule has 2 aromatic rings. The van der Waals surface area contributed by atoms with E-state index in [-0.39, 0.29) is 12.5 Å². The second-order valence-electron chi connectivity index (χ2n) is 5.21. The van der Waals surface area contributed by atoms with Crippen molar-refractivity contribution in [1.29, 1.82) is 0 Å². The van der Waals surface area contributed by atoms with Gasteiger partial charge in [-0.1, -0.05) is 42.3 Å². The zero-order chi connectivity index (χ0) is 18.2. The van der Waals surface area contributed by atoms with Crippen LogP contribution in [0.3, 0.4) is 0 Å². The minimum absolute atomic E-state index is 0.239. The second-order valence-corrected chi connectivity index (χ2v) is 6.06. The van der Waals surface area contributed by atoms with Gasteiger partial charge in [-0.25, -0.2) is 0 Å². The lowest BCUT2D eigenvalue weighted by Gasteiger charge is -2.12. The summed E-state index contributed by atoms with van der Waals surface area (Å²) >= 11 is 11.9. The van der Waals surface area contributed by atoms with Gasteiger partial charge >= 0.3 is 0 Å². The van der Waals surface area contributed by atoms with E-state index in [1.54, 1.807) is 36.4 Å². The predicted molar refractivity (Wildman–Crippen MR) is 99.7 cm³/mol. The normalized spacial score (nSPS) is 10.2. The highest BCUT2D eigenvalue weighted by Crippen LogP contribution is 2.27. The van der Waals surface area contributed by atoms with Gasteiger partial charge in [0.05, 0.1) is 16.3 Å². The molecule has 0 aliphatic carbocycles. The van der Waals surface area contributed by atoms with Gasteiger partial charge in [0, 0.05) is 17.6 Å². The minimum Gasteiger partial charge on any atom is -0.482 e. The molecule has 0 unspecified atom stereocenters. The molecule has 0 saturated heterocycles. The van der Waals surface area contributed by atoms with Gasteiger partial charge in [-0.15, -0.1) is 0 Å². The lowest BCUT2D eigenvalue weighted by Crippen LogP contribution is -2.27. The largest absolute Gasteiger partial charge is 0.482 e. The number of hydrogen-bond acceptors (Lipinski definition) is 3. The fraction of sp³-hybridized carbons (Fsp3) is 0.222. The van der Waals surface area contributed by atoms with Gasteiger partial charge in [-0.05, 0) is 30.7 Å². The SMILES string of the molecule is CCCNC(=O)c1ccccc1NC(=O)COc1cc(Cl)ccc1Cl. The highest BCUT2D eigenvalue weighted by atomic mass is 35.5. The molecule has 132 valence electrons. The summed E-state index contributed by atoms with van der Waals surface area (Å²) in [4.78, 5) is 24.3. The number of para-hydroxylation sites is 1. The highest BCUT2D eigenvalue weighted by Gasteiger charge is 2.13. The molecular formula is C18H18Cl2N2O3. The van der Waals surface area contributed by atoms with Crippen LogP contribution >= 0.6 is 23.2 Å². The van der Waals surface area contributed by atoms with E-state index in [1.807, 2.05) is 6.92 Å². The fourth-order valence-corrected chi connectivity index (χ4v) is 2.38. The van der Waals surface area contributed by atoms with E-state index in [9.17, 15) is 9.59 Å². The van der Waals surface area contributed by atoms with E-state index in [1.165, 1.54) is 6.07 Å². The molecule has 2 N–H and O–H groups in total. The van der Waals surface area contributed by atoms with Crippen molar-refractivity contribution in [2.75, 3.05) is 18.5 Å². The average molecular weight is 381 g/mol. The monoisotopic (exact) mass is 380 g/mol. The molecule has 0 atom stereocenters. The van der Waals surface area contributed by atoms with Crippen LogP contribution in [0, 0.1) is 0 Å². The summed E-state index contributed by atoms with van der Waals surface area (Å²) in [6.45, 7) is 2.27. The molecule has 0 aromatic heterocycles. The Kier molecular flexibility index (Phi) is 7.10. The van der Waals surface area contributed by atoms with E-state index < -0.39 is 5.91 Å². The Balaban J connectivity index is 2.01. The molecule has 0 saturated carbocycles. The average Bonchev–Trinajstić information content (AvgIpc) is 2.61. The number of nitrogens with one attached hydrogen (secondary N) is 2. The standard InChI is InChI=1S/C18H18Cl2N2O3/c1-2-9-21-18(24)13-5-3-4-6-15(13)22-17(23)11-25-16-10-12(19)7-8-14(16)20/h3-8,10H,2,9,11H2,1H3,(H,21,24)(H,22,23). The number of carbonyl (C=O) groups excluding carboxylic acids is 2. The van der Waals surface area contributed by atoms with Gasteiger partial charge in [0.2, 0.25) is 0 Å². The Labute approximate surface area is 156 Å². The summed E-state index contributed by atoms with van der Waals surface area (Å²) in [6, 6.07) is 11.5. The maximum atomic E-state index is 12.1. The summed E-state index contributed by atoms with van der Waals surface area (Å²) in [5.74, 6) is -0.332. The van der Waals surface area contributed by atoms with Crippen LogP contribution in [0.2, 0.25) is 10.0 Å². The van der Waals surface area contributed by atoms with Gasteiger partial charge in [0.15, 0.2) is 6.61 Å². The molecule has 25 heavy (non-hydrogen) atoms. The molecule has 0 bridgehead atoms. The van der Waals surface area contributed by atoms with Crippen molar-refractivity contribution in [3.63, 3.8) is 0 Å². The van der Waals surface area contributed by atoms with Crippen molar-refractivity contribution in [3.05, 3.63) is 58.1 Å². The van der Waals surface area contributed by atoms with Crippen molar-refractivity contribution < 1.29 is 14.3 Å². The molecule has 2 aromatic carbocycles. The second kappa shape index (κ2) is 9.30.